The van der Waals surface area contributed by atoms with Crippen LogP contribution in [0.2, 0.25) is 0 Å². The topological polar surface area (TPSA) is 133 Å². The molecule has 2 N–H and O–H groups in total. The van der Waals surface area contributed by atoms with Gasteiger partial charge in [0.05, 0.1) is 49.6 Å². The zero-order valence-electron chi connectivity index (χ0n) is 25.8. The molecule has 0 aliphatic carbocycles. The van der Waals surface area contributed by atoms with Gasteiger partial charge in [-0.05, 0) is 48.7 Å². The van der Waals surface area contributed by atoms with Gasteiger partial charge in [-0.1, -0.05) is 12.1 Å². The smallest absolute Gasteiger partial charge is 0.421 e. The molecule has 0 fully saturated rings. The predicted molar refractivity (Wildman–Crippen MR) is 166 cm³/mol. The van der Waals surface area contributed by atoms with Crippen molar-refractivity contribution < 1.29 is 36.3 Å². The van der Waals surface area contributed by atoms with Crippen molar-refractivity contribution in [3.63, 3.8) is 0 Å². The number of carbonyl (C=O) groups excluding carboxylic acids is 1. The third kappa shape index (κ3) is 6.86. The van der Waals surface area contributed by atoms with Crippen LogP contribution in [0, 0.1) is 0 Å². The number of aromatic nitrogens is 4. The van der Waals surface area contributed by atoms with Crippen LogP contribution in [0.5, 0.6) is 5.75 Å². The zero-order chi connectivity index (χ0) is 33.2. The van der Waals surface area contributed by atoms with Gasteiger partial charge < -0.3 is 29.3 Å². The average molecular weight is 660 g/mol. The lowest BCUT2D eigenvalue weighted by atomic mass is 9.97. The van der Waals surface area contributed by atoms with Crippen LogP contribution in [0.4, 0.5) is 36.3 Å². The summed E-state index contributed by atoms with van der Waals surface area (Å²) >= 11 is 0. The molecule has 1 aliphatic heterocycles. The Labute approximate surface area is 263 Å². The maximum atomic E-state index is 14.1. The Hall–Kier alpha value is -4.46. The molecule has 12 nitrogen and oxygen atoms in total. The van der Waals surface area contributed by atoms with Crippen molar-refractivity contribution in [3.8, 4) is 16.9 Å². The van der Waals surface area contributed by atoms with E-state index in [9.17, 15) is 22.5 Å². The van der Waals surface area contributed by atoms with Crippen LogP contribution >= 0.6 is 7.60 Å². The molecule has 46 heavy (non-hydrogen) atoms. The minimum Gasteiger partial charge on any atom is -0.495 e. The number of fused-ring (bicyclic) bond motifs is 1. The molecule has 2 aromatic carbocycles. The normalized spacial score (nSPS) is 13.2. The van der Waals surface area contributed by atoms with E-state index in [1.807, 2.05) is 0 Å². The van der Waals surface area contributed by atoms with E-state index < -0.39 is 25.2 Å². The van der Waals surface area contributed by atoms with E-state index in [0.29, 0.717) is 28.8 Å². The van der Waals surface area contributed by atoms with Gasteiger partial charge in [0.2, 0.25) is 5.95 Å². The Kier molecular flexibility index (Phi) is 9.38. The zero-order valence-corrected chi connectivity index (χ0v) is 26.7. The first kappa shape index (κ1) is 32.9. The average Bonchev–Trinajstić information content (AvgIpc) is 3.56. The van der Waals surface area contributed by atoms with Gasteiger partial charge >= 0.3 is 13.8 Å². The molecule has 2 aromatic heterocycles. The number of amides is 1. The van der Waals surface area contributed by atoms with Crippen LogP contribution in [0.1, 0.15) is 40.9 Å². The molecule has 3 heterocycles. The van der Waals surface area contributed by atoms with Crippen molar-refractivity contribution in [3.05, 3.63) is 71.2 Å². The second-order valence-electron chi connectivity index (χ2n) is 10.4. The van der Waals surface area contributed by atoms with E-state index in [1.54, 1.807) is 75.4 Å². The third-order valence-electron chi connectivity index (χ3n) is 7.17. The minimum absolute atomic E-state index is 0.00598. The van der Waals surface area contributed by atoms with Gasteiger partial charge in [0, 0.05) is 38.6 Å². The Balaban J connectivity index is 1.49. The predicted octanol–water partition coefficient (Wildman–Crippen LogP) is 6.74. The lowest BCUT2D eigenvalue weighted by Crippen LogP contribution is -2.18. The third-order valence-corrected chi connectivity index (χ3v) is 9.23. The van der Waals surface area contributed by atoms with Gasteiger partial charge in [0.1, 0.15) is 17.1 Å². The Bertz CT molecular complexity index is 1800. The summed E-state index contributed by atoms with van der Waals surface area (Å²) in [5.41, 5.74) is 2.43. The van der Waals surface area contributed by atoms with E-state index in [2.05, 4.69) is 25.7 Å². The van der Waals surface area contributed by atoms with Crippen LogP contribution in [0.25, 0.3) is 11.1 Å². The fourth-order valence-corrected chi connectivity index (χ4v) is 6.85. The summed E-state index contributed by atoms with van der Waals surface area (Å²) in [6.45, 7) is 4.12. The Morgan fingerprint density at radius 2 is 1.74 bits per heavy atom. The number of nitrogens with one attached hydrogen (secondary N) is 2. The molecule has 1 aliphatic rings. The van der Waals surface area contributed by atoms with Crippen molar-refractivity contribution in [2.75, 3.05) is 38.0 Å². The quantitative estimate of drug-likeness (QED) is 0.158. The van der Waals surface area contributed by atoms with E-state index in [1.165, 1.54) is 12.0 Å². The van der Waals surface area contributed by atoms with Crippen LogP contribution in [0.3, 0.4) is 0 Å². The Morgan fingerprint density at radius 3 is 2.37 bits per heavy atom. The largest absolute Gasteiger partial charge is 0.495 e. The number of nitrogens with zero attached hydrogens (tertiary/aromatic N) is 5. The molecule has 0 bridgehead atoms. The molecule has 5 rings (SSSR count). The summed E-state index contributed by atoms with van der Waals surface area (Å²) in [4.78, 5) is 22.7. The van der Waals surface area contributed by atoms with Gasteiger partial charge in [-0.15, -0.1) is 0 Å². The number of anilines is 4. The molecule has 244 valence electrons. The Morgan fingerprint density at radius 1 is 1.02 bits per heavy atom. The molecule has 0 saturated heterocycles. The maximum absolute atomic E-state index is 14.1. The van der Waals surface area contributed by atoms with E-state index in [-0.39, 0.29) is 49.0 Å². The number of aryl methyl sites for hydroxylation is 1. The number of rotatable bonds is 12. The number of alkyl halides is 3. The van der Waals surface area contributed by atoms with Gasteiger partial charge in [0.25, 0.3) is 5.91 Å². The van der Waals surface area contributed by atoms with Crippen LogP contribution < -0.4 is 15.4 Å². The standard InChI is InChI=1S/C30H33F3N7O5P/c1-6-44-46(42,45-7-2)17-18-8-10-23(25(12-18)43-5)37-29-34-14-22(30(31,32)33)27(38-29)36-24-11-9-20(19-13-35-40(4)15-19)21-16-39(3)28(41)26(21)24/h8-15H,6-7,16-17H2,1-5H3,(H2,34,36,37,38). The SMILES string of the molecule is CCOP(=O)(Cc1ccc(Nc2ncc(C(F)(F)F)c(Nc3ccc(-c4cnn(C)c4)c4c3C(=O)N(C)C4)n2)c(OC)c1)OCC. The highest BCUT2D eigenvalue weighted by Crippen LogP contribution is 2.52. The van der Waals surface area contributed by atoms with Crippen molar-refractivity contribution in [1.82, 2.24) is 24.6 Å². The summed E-state index contributed by atoms with van der Waals surface area (Å²) < 4.78 is 73.3. The number of benzene rings is 2. The van der Waals surface area contributed by atoms with Crippen LogP contribution in [-0.2, 0) is 39.5 Å². The first-order valence-corrected chi connectivity index (χ1v) is 16.0. The summed E-state index contributed by atoms with van der Waals surface area (Å²) in [7, 11) is 1.41. The summed E-state index contributed by atoms with van der Waals surface area (Å²) in [6, 6.07) is 8.17. The molecule has 1 amide bonds. The maximum Gasteiger partial charge on any atom is 0.421 e. The van der Waals surface area contributed by atoms with Crippen molar-refractivity contribution in [1.29, 1.82) is 0 Å². The van der Waals surface area contributed by atoms with E-state index in [0.717, 1.165) is 11.1 Å². The van der Waals surface area contributed by atoms with Gasteiger partial charge in [-0.3, -0.25) is 14.0 Å². The molecule has 4 aromatic rings. The first-order chi connectivity index (χ1) is 21.9. The molecule has 0 radical (unpaired) electrons. The highest BCUT2D eigenvalue weighted by molar-refractivity contribution is 7.53. The fraction of sp³-hybridized carbons (Fsp3) is 0.333. The minimum atomic E-state index is -4.80. The highest BCUT2D eigenvalue weighted by Gasteiger charge is 2.37. The van der Waals surface area contributed by atoms with Gasteiger partial charge in [-0.25, -0.2) is 4.98 Å². The monoisotopic (exact) mass is 659 g/mol. The fourth-order valence-electron chi connectivity index (χ4n) is 5.17. The van der Waals surface area contributed by atoms with Gasteiger partial charge in [0.15, 0.2) is 0 Å². The van der Waals surface area contributed by atoms with E-state index in [4.69, 9.17) is 13.8 Å². The van der Waals surface area contributed by atoms with Crippen LogP contribution in [-0.4, -0.2) is 57.9 Å². The van der Waals surface area contributed by atoms with E-state index >= 15 is 0 Å². The molecular formula is C30H33F3N7O5P. The number of carbonyl (C=O) groups is 1. The second kappa shape index (κ2) is 13.1. The summed E-state index contributed by atoms with van der Waals surface area (Å²) in [6.07, 6.45) is -0.681. The number of hydrogen-bond acceptors (Lipinski definition) is 10. The van der Waals surface area contributed by atoms with Crippen LogP contribution in [0.15, 0.2) is 48.9 Å². The molecule has 0 unspecified atom stereocenters. The van der Waals surface area contributed by atoms with Gasteiger partial charge in [-0.2, -0.15) is 23.3 Å². The lowest BCUT2D eigenvalue weighted by molar-refractivity contribution is -0.137. The highest BCUT2D eigenvalue weighted by atomic mass is 31.2. The number of halogens is 3. The lowest BCUT2D eigenvalue weighted by Gasteiger charge is -2.19. The second-order valence-corrected chi connectivity index (χ2v) is 12.5. The number of hydrogen-bond donors (Lipinski definition) is 2. The molecule has 0 saturated carbocycles. The number of ether oxygens (including phenoxy) is 1. The van der Waals surface area contributed by atoms with Crippen molar-refractivity contribution in [2.45, 2.75) is 32.7 Å². The molecule has 0 spiro atoms. The first-order valence-electron chi connectivity index (χ1n) is 14.3. The van der Waals surface area contributed by atoms with Crippen molar-refractivity contribution >= 4 is 36.6 Å². The molecule has 0 atom stereocenters. The molecular weight excluding hydrogens is 626 g/mol. The molecule has 16 heteroatoms. The summed E-state index contributed by atoms with van der Waals surface area (Å²) in [5.74, 6) is -0.753. The number of methoxy groups -OCH3 is 1. The summed E-state index contributed by atoms with van der Waals surface area (Å²) in [5, 5.41) is 9.86. The van der Waals surface area contributed by atoms with Crippen molar-refractivity contribution in [2.24, 2.45) is 7.05 Å².